The summed E-state index contributed by atoms with van der Waals surface area (Å²) in [5, 5.41) is 4.45. The third-order valence-electron chi connectivity index (χ3n) is 4.44. The van der Waals surface area contributed by atoms with Crippen LogP contribution < -0.4 is 0 Å². The first-order valence-corrected chi connectivity index (χ1v) is 7.34. The Balaban J connectivity index is 2.45. The minimum atomic E-state index is -4.48. The van der Waals surface area contributed by atoms with Crippen LogP contribution >= 0.6 is 0 Å². The molecule has 23 heavy (non-hydrogen) atoms. The Labute approximate surface area is 132 Å². The van der Waals surface area contributed by atoms with Crippen LogP contribution in [0.5, 0.6) is 0 Å². The fourth-order valence-electron chi connectivity index (χ4n) is 2.80. The Hall–Kier alpha value is -2.30. The molecule has 0 aliphatic heterocycles. The SMILES string of the molecule is Cc1cccc(-n2nc3c(C)c(C)ccc3c2C(F)(F)F)c1C. The van der Waals surface area contributed by atoms with Gasteiger partial charge in [0.1, 0.15) is 0 Å². The van der Waals surface area contributed by atoms with Gasteiger partial charge in [0, 0.05) is 5.39 Å². The number of fused-ring (bicyclic) bond motifs is 1. The quantitative estimate of drug-likeness (QED) is 0.597. The molecule has 5 heteroatoms. The van der Waals surface area contributed by atoms with Crippen LogP contribution in [0.4, 0.5) is 13.2 Å². The van der Waals surface area contributed by atoms with Crippen LogP contribution in [0.1, 0.15) is 27.9 Å². The molecule has 0 aliphatic rings. The summed E-state index contributed by atoms with van der Waals surface area (Å²) in [6.07, 6.45) is -4.48. The number of nitrogens with zero attached hydrogens (tertiary/aromatic N) is 2. The highest BCUT2D eigenvalue weighted by atomic mass is 19.4. The molecule has 0 atom stereocenters. The average Bonchev–Trinajstić information content (AvgIpc) is 2.86. The summed E-state index contributed by atoms with van der Waals surface area (Å²) < 4.78 is 42.1. The molecule has 0 aliphatic carbocycles. The number of hydrogen-bond donors (Lipinski definition) is 0. The van der Waals surface area contributed by atoms with Crippen LogP contribution in [-0.2, 0) is 6.18 Å². The molecular formula is C18H17F3N2. The van der Waals surface area contributed by atoms with Gasteiger partial charge in [0.15, 0.2) is 5.69 Å². The number of aryl methyl sites for hydroxylation is 3. The highest BCUT2D eigenvalue weighted by Crippen LogP contribution is 2.38. The molecule has 0 saturated carbocycles. The smallest absolute Gasteiger partial charge is 0.227 e. The highest BCUT2D eigenvalue weighted by Gasteiger charge is 2.38. The lowest BCUT2D eigenvalue weighted by Gasteiger charge is -2.14. The number of benzene rings is 2. The maximum atomic E-state index is 13.7. The van der Waals surface area contributed by atoms with Crippen LogP contribution in [0.15, 0.2) is 30.3 Å². The van der Waals surface area contributed by atoms with Crippen LogP contribution in [0, 0.1) is 27.7 Å². The Morgan fingerprint density at radius 3 is 2.17 bits per heavy atom. The lowest BCUT2D eigenvalue weighted by molar-refractivity contribution is -0.141. The second-order valence-electron chi connectivity index (χ2n) is 5.88. The third kappa shape index (κ3) is 2.40. The van der Waals surface area contributed by atoms with Crippen LogP contribution in [-0.4, -0.2) is 9.78 Å². The highest BCUT2D eigenvalue weighted by molar-refractivity contribution is 5.86. The summed E-state index contributed by atoms with van der Waals surface area (Å²) >= 11 is 0. The van der Waals surface area contributed by atoms with Gasteiger partial charge in [0.25, 0.3) is 0 Å². The molecule has 2 nitrogen and oxygen atoms in total. The molecule has 0 unspecified atom stereocenters. The molecule has 1 heterocycles. The summed E-state index contributed by atoms with van der Waals surface area (Å²) in [6.45, 7) is 7.37. The topological polar surface area (TPSA) is 17.8 Å². The Kier molecular flexibility index (Phi) is 3.47. The predicted octanol–water partition coefficient (Wildman–Crippen LogP) is 5.28. The van der Waals surface area contributed by atoms with Gasteiger partial charge in [-0.3, -0.25) is 0 Å². The normalized spacial score (nSPS) is 12.1. The molecule has 3 rings (SSSR count). The summed E-state index contributed by atoms with van der Waals surface area (Å²) in [5.41, 5.74) is 3.57. The minimum absolute atomic E-state index is 0.140. The molecule has 0 N–H and O–H groups in total. The minimum Gasteiger partial charge on any atom is -0.227 e. The third-order valence-corrected chi connectivity index (χ3v) is 4.44. The fourth-order valence-corrected chi connectivity index (χ4v) is 2.80. The average molecular weight is 318 g/mol. The maximum Gasteiger partial charge on any atom is 0.434 e. The van der Waals surface area contributed by atoms with Gasteiger partial charge in [-0.05, 0) is 56.0 Å². The second kappa shape index (κ2) is 5.11. The van der Waals surface area contributed by atoms with Crippen molar-refractivity contribution in [2.45, 2.75) is 33.9 Å². The molecule has 0 spiro atoms. The van der Waals surface area contributed by atoms with Gasteiger partial charge >= 0.3 is 6.18 Å². The van der Waals surface area contributed by atoms with Gasteiger partial charge in [-0.15, -0.1) is 0 Å². The summed E-state index contributed by atoms with van der Waals surface area (Å²) in [7, 11) is 0. The van der Waals surface area contributed by atoms with Gasteiger partial charge in [0.2, 0.25) is 0 Å². The van der Waals surface area contributed by atoms with Gasteiger partial charge < -0.3 is 0 Å². The zero-order valence-corrected chi connectivity index (χ0v) is 13.4. The van der Waals surface area contributed by atoms with Crippen molar-refractivity contribution in [3.8, 4) is 5.69 Å². The van der Waals surface area contributed by atoms with E-state index in [0.29, 0.717) is 11.2 Å². The Morgan fingerprint density at radius 2 is 1.52 bits per heavy atom. The van der Waals surface area contributed by atoms with E-state index in [2.05, 4.69) is 5.10 Å². The van der Waals surface area contributed by atoms with E-state index >= 15 is 0 Å². The van der Waals surface area contributed by atoms with E-state index in [9.17, 15) is 13.2 Å². The standard InChI is InChI=1S/C18H17F3N2/c1-10-6-5-7-15(12(10)3)23-17(18(19,20)21)14-9-8-11(2)13(4)16(14)22-23/h5-9H,1-4H3. The van der Waals surface area contributed by atoms with Crippen molar-refractivity contribution in [1.82, 2.24) is 9.78 Å². The number of hydrogen-bond acceptors (Lipinski definition) is 1. The number of halogens is 3. The zero-order chi connectivity index (χ0) is 16.9. The van der Waals surface area contributed by atoms with E-state index in [-0.39, 0.29) is 5.39 Å². The molecule has 120 valence electrons. The molecule has 2 aromatic carbocycles. The van der Waals surface area contributed by atoms with Crippen molar-refractivity contribution in [1.29, 1.82) is 0 Å². The van der Waals surface area contributed by atoms with Crippen molar-refractivity contribution in [3.05, 3.63) is 58.3 Å². The molecule has 0 bridgehead atoms. The number of rotatable bonds is 1. The fraction of sp³-hybridized carbons (Fsp3) is 0.278. The van der Waals surface area contributed by atoms with E-state index in [0.717, 1.165) is 26.9 Å². The lowest BCUT2D eigenvalue weighted by Crippen LogP contribution is -2.14. The summed E-state index contributed by atoms with van der Waals surface area (Å²) in [6, 6.07) is 8.52. The summed E-state index contributed by atoms with van der Waals surface area (Å²) in [5.74, 6) is 0. The molecule has 1 aromatic heterocycles. The van der Waals surface area contributed by atoms with E-state index in [1.165, 1.54) is 6.07 Å². The van der Waals surface area contributed by atoms with E-state index < -0.39 is 11.9 Å². The first-order valence-electron chi connectivity index (χ1n) is 7.34. The zero-order valence-electron chi connectivity index (χ0n) is 13.4. The molecular weight excluding hydrogens is 301 g/mol. The van der Waals surface area contributed by atoms with Gasteiger partial charge in [-0.1, -0.05) is 24.3 Å². The molecule has 0 fully saturated rings. The molecule has 0 amide bonds. The Morgan fingerprint density at radius 1 is 0.870 bits per heavy atom. The van der Waals surface area contributed by atoms with Crippen molar-refractivity contribution in [3.63, 3.8) is 0 Å². The first kappa shape index (κ1) is 15.6. The van der Waals surface area contributed by atoms with E-state index in [1.807, 2.05) is 26.8 Å². The predicted molar refractivity (Wildman–Crippen MR) is 85.0 cm³/mol. The van der Waals surface area contributed by atoms with Crippen molar-refractivity contribution in [2.75, 3.05) is 0 Å². The second-order valence-corrected chi connectivity index (χ2v) is 5.88. The van der Waals surface area contributed by atoms with Crippen molar-refractivity contribution < 1.29 is 13.2 Å². The number of alkyl halides is 3. The van der Waals surface area contributed by atoms with Gasteiger partial charge in [0.05, 0.1) is 11.2 Å². The van der Waals surface area contributed by atoms with Gasteiger partial charge in [-0.25, -0.2) is 4.68 Å². The first-order chi connectivity index (χ1) is 10.7. The van der Waals surface area contributed by atoms with Crippen LogP contribution in [0.2, 0.25) is 0 Å². The molecule has 0 saturated heterocycles. The number of aromatic nitrogens is 2. The monoisotopic (exact) mass is 318 g/mol. The Bertz CT molecular complexity index is 905. The van der Waals surface area contributed by atoms with Crippen LogP contribution in [0.3, 0.4) is 0 Å². The maximum absolute atomic E-state index is 13.7. The molecule has 0 radical (unpaired) electrons. The largest absolute Gasteiger partial charge is 0.434 e. The van der Waals surface area contributed by atoms with E-state index in [1.54, 1.807) is 25.1 Å². The van der Waals surface area contributed by atoms with E-state index in [4.69, 9.17) is 0 Å². The van der Waals surface area contributed by atoms with Crippen molar-refractivity contribution in [2.24, 2.45) is 0 Å². The van der Waals surface area contributed by atoms with Crippen LogP contribution in [0.25, 0.3) is 16.6 Å². The van der Waals surface area contributed by atoms with Crippen molar-refractivity contribution >= 4 is 10.9 Å². The summed E-state index contributed by atoms with van der Waals surface area (Å²) in [4.78, 5) is 0. The lowest BCUT2D eigenvalue weighted by atomic mass is 10.1. The molecule has 3 aromatic rings. The van der Waals surface area contributed by atoms with Gasteiger partial charge in [-0.2, -0.15) is 18.3 Å².